The molecule has 2 rings (SSSR count). The second kappa shape index (κ2) is 6.75. The molecule has 1 aromatic carbocycles. The van der Waals surface area contributed by atoms with Gasteiger partial charge in [0.25, 0.3) is 0 Å². The van der Waals surface area contributed by atoms with E-state index in [1.165, 1.54) is 0 Å². The molecule has 1 fully saturated rings. The molecule has 6 heteroatoms. The normalized spacial score (nSPS) is 16.3. The third-order valence-corrected chi connectivity index (χ3v) is 3.31. The van der Waals surface area contributed by atoms with E-state index in [0.717, 1.165) is 32.8 Å². The van der Waals surface area contributed by atoms with E-state index in [9.17, 15) is 0 Å². The molecule has 0 aliphatic carbocycles. The van der Waals surface area contributed by atoms with E-state index >= 15 is 0 Å². The second-order valence-corrected chi connectivity index (χ2v) is 4.77. The highest BCUT2D eigenvalue weighted by atomic mass is 35.5. The van der Waals surface area contributed by atoms with Crippen molar-refractivity contribution in [2.75, 3.05) is 39.5 Å². The predicted octanol–water partition coefficient (Wildman–Crippen LogP) is 1.34. The first-order chi connectivity index (χ1) is 9.16. The molecule has 1 aromatic rings. The van der Waals surface area contributed by atoms with Crippen LogP contribution in [0.1, 0.15) is 5.56 Å². The molecule has 0 bridgehead atoms. The van der Waals surface area contributed by atoms with Crippen LogP contribution in [0.15, 0.2) is 18.2 Å². The number of nitrogens with one attached hydrogen (secondary N) is 1. The number of amidine groups is 1. The first-order valence-electron chi connectivity index (χ1n) is 6.23. The average molecular weight is 284 g/mol. The molecule has 0 aromatic heterocycles. The van der Waals surface area contributed by atoms with Crippen LogP contribution < -0.4 is 10.5 Å². The molecule has 0 radical (unpaired) electrons. The van der Waals surface area contributed by atoms with E-state index in [-0.39, 0.29) is 5.84 Å². The van der Waals surface area contributed by atoms with Crippen LogP contribution in [0.5, 0.6) is 5.75 Å². The SMILES string of the molecule is N=C(N)c1ccc(OCCN2CCOCC2)c(Cl)c1. The van der Waals surface area contributed by atoms with E-state index in [2.05, 4.69) is 4.90 Å². The van der Waals surface area contributed by atoms with Gasteiger partial charge in [-0.1, -0.05) is 11.6 Å². The smallest absolute Gasteiger partial charge is 0.137 e. The van der Waals surface area contributed by atoms with E-state index < -0.39 is 0 Å². The minimum Gasteiger partial charge on any atom is -0.491 e. The summed E-state index contributed by atoms with van der Waals surface area (Å²) in [6.45, 7) is 4.90. The zero-order chi connectivity index (χ0) is 13.7. The van der Waals surface area contributed by atoms with Gasteiger partial charge < -0.3 is 15.2 Å². The summed E-state index contributed by atoms with van der Waals surface area (Å²) in [4.78, 5) is 2.29. The van der Waals surface area contributed by atoms with Gasteiger partial charge in [0.15, 0.2) is 0 Å². The number of nitrogens with two attached hydrogens (primary N) is 1. The van der Waals surface area contributed by atoms with Gasteiger partial charge in [-0.3, -0.25) is 10.3 Å². The number of nitrogen functional groups attached to an aromatic ring is 1. The number of benzene rings is 1. The summed E-state index contributed by atoms with van der Waals surface area (Å²) >= 11 is 6.08. The molecule has 5 nitrogen and oxygen atoms in total. The second-order valence-electron chi connectivity index (χ2n) is 4.36. The third-order valence-electron chi connectivity index (χ3n) is 3.01. The van der Waals surface area contributed by atoms with Crippen LogP contribution in [0.3, 0.4) is 0 Å². The molecule has 0 atom stereocenters. The third kappa shape index (κ3) is 4.09. The Morgan fingerprint density at radius 3 is 2.79 bits per heavy atom. The Balaban J connectivity index is 1.83. The summed E-state index contributed by atoms with van der Waals surface area (Å²) < 4.78 is 10.9. The summed E-state index contributed by atoms with van der Waals surface area (Å²) in [7, 11) is 0. The lowest BCUT2D eigenvalue weighted by molar-refractivity contribution is 0.0322. The van der Waals surface area contributed by atoms with Gasteiger partial charge in [-0.25, -0.2) is 0 Å². The number of hydrogen-bond acceptors (Lipinski definition) is 4. The Morgan fingerprint density at radius 2 is 2.16 bits per heavy atom. The zero-order valence-electron chi connectivity index (χ0n) is 10.7. The van der Waals surface area contributed by atoms with Crippen LogP contribution in [-0.4, -0.2) is 50.2 Å². The van der Waals surface area contributed by atoms with Crippen LogP contribution in [0.2, 0.25) is 5.02 Å². The van der Waals surface area contributed by atoms with Crippen molar-refractivity contribution in [1.82, 2.24) is 4.90 Å². The number of morpholine rings is 1. The fourth-order valence-electron chi connectivity index (χ4n) is 1.89. The van der Waals surface area contributed by atoms with Gasteiger partial charge in [-0.15, -0.1) is 0 Å². The molecule has 104 valence electrons. The quantitative estimate of drug-likeness (QED) is 0.632. The van der Waals surface area contributed by atoms with E-state index in [1.807, 2.05) is 0 Å². The van der Waals surface area contributed by atoms with Gasteiger partial charge in [0.05, 0.1) is 18.2 Å². The molecule has 1 aliphatic rings. The van der Waals surface area contributed by atoms with Crippen LogP contribution in [-0.2, 0) is 4.74 Å². The molecule has 19 heavy (non-hydrogen) atoms. The van der Waals surface area contributed by atoms with Crippen LogP contribution in [0.25, 0.3) is 0 Å². The van der Waals surface area contributed by atoms with Crippen molar-refractivity contribution in [2.24, 2.45) is 5.73 Å². The predicted molar refractivity (Wildman–Crippen MR) is 75.2 cm³/mol. The van der Waals surface area contributed by atoms with Gasteiger partial charge >= 0.3 is 0 Å². The van der Waals surface area contributed by atoms with Crippen LogP contribution in [0.4, 0.5) is 0 Å². The number of ether oxygens (including phenoxy) is 2. The molecular weight excluding hydrogens is 266 g/mol. The van der Waals surface area contributed by atoms with Gasteiger partial charge in [-0.2, -0.15) is 0 Å². The van der Waals surface area contributed by atoms with Crippen LogP contribution in [0, 0.1) is 5.41 Å². The molecule has 3 N–H and O–H groups in total. The molecule has 0 spiro atoms. The Kier molecular flexibility index (Phi) is 5.01. The topological polar surface area (TPSA) is 71.6 Å². The number of rotatable bonds is 5. The van der Waals surface area contributed by atoms with Gasteiger partial charge in [-0.05, 0) is 18.2 Å². The van der Waals surface area contributed by atoms with Gasteiger partial charge in [0, 0.05) is 25.2 Å². The molecule has 1 saturated heterocycles. The maximum Gasteiger partial charge on any atom is 0.137 e. The van der Waals surface area contributed by atoms with Crippen molar-refractivity contribution < 1.29 is 9.47 Å². The summed E-state index contributed by atoms with van der Waals surface area (Å²) in [6.07, 6.45) is 0. The molecule has 0 amide bonds. The fourth-order valence-corrected chi connectivity index (χ4v) is 2.13. The first-order valence-corrected chi connectivity index (χ1v) is 6.61. The van der Waals surface area contributed by atoms with E-state index in [1.54, 1.807) is 18.2 Å². The van der Waals surface area contributed by atoms with Crippen molar-refractivity contribution in [3.8, 4) is 5.75 Å². The fraction of sp³-hybridized carbons (Fsp3) is 0.462. The van der Waals surface area contributed by atoms with Crippen molar-refractivity contribution in [1.29, 1.82) is 5.41 Å². The Morgan fingerprint density at radius 1 is 1.42 bits per heavy atom. The lowest BCUT2D eigenvalue weighted by atomic mass is 10.2. The Labute approximate surface area is 117 Å². The molecule has 0 saturated carbocycles. The monoisotopic (exact) mass is 283 g/mol. The lowest BCUT2D eigenvalue weighted by Crippen LogP contribution is -2.38. The van der Waals surface area contributed by atoms with Crippen molar-refractivity contribution >= 4 is 17.4 Å². The number of hydrogen-bond donors (Lipinski definition) is 2. The van der Waals surface area contributed by atoms with Crippen molar-refractivity contribution in [3.63, 3.8) is 0 Å². The molecule has 0 unspecified atom stereocenters. The minimum absolute atomic E-state index is 0.00164. The number of nitrogens with zero attached hydrogens (tertiary/aromatic N) is 1. The molecule has 1 heterocycles. The summed E-state index contributed by atoms with van der Waals surface area (Å²) in [5.74, 6) is 0.627. The van der Waals surface area contributed by atoms with Crippen LogP contribution >= 0.6 is 11.6 Å². The largest absolute Gasteiger partial charge is 0.491 e. The summed E-state index contributed by atoms with van der Waals surface area (Å²) in [6, 6.07) is 5.13. The van der Waals surface area contributed by atoms with Crippen molar-refractivity contribution in [2.45, 2.75) is 0 Å². The standard InChI is InChI=1S/C13H18ClN3O2/c14-11-9-10(13(15)16)1-2-12(11)19-8-5-17-3-6-18-7-4-17/h1-2,9H,3-8H2,(H3,15,16). The van der Waals surface area contributed by atoms with Crippen molar-refractivity contribution in [3.05, 3.63) is 28.8 Å². The zero-order valence-corrected chi connectivity index (χ0v) is 11.4. The maximum atomic E-state index is 7.33. The maximum absolute atomic E-state index is 7.33. The summed E-state index contributed by atoms with van der Waals surface area (Å²) in [5, 5.41) is 7.82. The summed E-state index contributed by atoms with van der Waals surface area (Å²) in [5.41, 5.74) is 6.00. The highest BCUT2D eigenvalue weighted by molar-refractivity contribution is 6.32. The lowest BCUT2D eigenvalue weighted by Gasteiger charge is -2.26. The van der Waals surface area contributed by atoms with E-state index in [4.69, 9.17) is 32.2 Å². The van der Waals surface area contributed by atoms with Gasteiger partial charge in [0.1, 0.15) is 18.2 Å². The first kappa shape index (κ1) is 14.1. The van der Waals surface area contributed by atoms with E-state index in [0.29, 0.717) is 22.9 Å². The highest BCUT2D eigenvalue weighted by Gasteiger charge is 2.10. The van der Waals surface area contributed by atoms with Gasteiger partial charge in [0.2, 0.25) is 0 Å². The molecule has 1 aliphatic heterocycles. The highest BCUT2D eigenvalue weighted by Crippen LogP contribution is 2.25. The molecular formula is C13H18ClN3O2. The minimum atomic E-state index is 0.00164. The Bertz CT molecular complexity index is 448. The average Bonchev–Trinajstić information content (AvgIpc) is 2.41. The number of halogens is 1. The Hall–Kier alpha value is -1.30.